The molecule has 1 fully saturated rings. The number of carbonyl (C=O) groups excluding carboxylic acids is 1. The minimum atomic E-state index is -3.72. The number of nitrogens with one attached hydrogen (secondary N) is 1. The molecule has 0 radical (unpaired) electrons. The molecule has 0 aromatic heterocycles. The summed E-state index contributed by atoms with van der Waals surface area (Å²) >= 11 is 6.19. The van der Waals surface area contributed by atoms with Crippen molar-refractivity contribution in [2.75, 3.05) is 18.4 Å². The van der Waals surface area contributed by atoms with E-state index in [1.165, 1.54) is 22.0 Å². The van der Waals surface area contributed by atoms with Crippen LogP contribution in [0.2, 0.25) is 5.02 Å². The molecule has 2 aromatic carbocycles. The van der Waals surface area contributed by atoms with Crippen LogP contribution >= 0.6 is 11.6 Å². The SMILES string of the molecule is CCC(C)c1ccc(NC(=O)c2ccc(Cl)c(S(=O)(=O)N3CCCCC3)c2)cc1. The van der Waals surface area contributed by atoms with Gasteiger partial charge in [-0.15, -0.1) is 0 Å². The first-order valence-electron chi connectivity index (χ1n) is 10.0. The molecule has 0 saturated carbocycles. The van der Waals surface area contributed by atoms with Gasteiger partial charge in [-0.1, -0.05) is 44.0 Å². The van der Waals surface area contributed by atoms with E-state index in [4.69, 9.17) is 11.6 Å². The first-order valence-corrected chi connectivity index (χ1v) is 11.9. The Labute approximate surface area is 178 Å². The summed E-state index contributed by atoms with van der Waals surface area (Å²) in [5, 5.41) is 2.96. The average molecular weight is 435 g/mol. The van der Waals surface area contributed by atoms with Gasteiger partial charge in [0.15, 0.2) is 0 Å². The van der Waals surface area contributed by atoms with E-state index < -0.39 is 10.0 Å². The Bertz CT molecular complexity index is 968. The Morgan fingerprint density at radius 3 is 2.38 bits per heavy atom. The van der Waals surface area contributed by atoms with E-state index >= 15 is 0 Å². The maximum atomic E-state index is 13.0. The van der Waals surface area contributed by atoms with E-state index in [0.29, 0.717) is 24.7 Å². The van der Waals surface area contributed by atoms with E-state index in [1.54, 1.807) is 6.07 Å². The molecule has 1 saturated heterocycles. The van der Waals surface area contributed by atoms with Crippen LogP contribution in [0.15, 0.2) is 47.4 Å². The molecule has 5 nitrogen and oxygen atoms in total. The Kier molecular flexibility index (Phi) is 6.98. The van der Waals surface area contributed by atoms with Gasteiger partial charge >= 0.3 is 0 Å². The first-order chi connectivity index (χ1) is 13.8. The molecule has 3 rings (SSSR count). The van der Waals surface area contributed by atoms with E-state index in [1.807, 2.05) is 24.3 Å². The van der Waals surface area contributed by atoms with Gasteiger partial charge in [0.1, 0.15) is 4.90 Å². The van der Waals surface area contributed by atoms with Crippen molar-refractivity contribution in [2.24, 2.45) is 0 Å². The molecule has 1 atom stereocenters. The lowest BCUT2D eigenvalue weighted by atomic mass is 9.98. The van der Waals surface area contributed by atoms with Gasteiger partial charge < -0.3 is 5.32 Å². The monoisotopic (exact) mass is 434 g/mol. The van der Waals surface area contributed by atoms with E-state index in [2.05, 4.69) is 19.2 Å². The summed E-state index contributed by atoms with van der Waals surface area (Å²) < 4.78 is 27.4. The van der Waals surface area contributed by atoms with Crippen molar-refractivity contribution in [2.45, 2.75) is 50.3 Å². The summed E-state index contributed by atoms with van der Waals surface area (Å²) in [4.78, 5) is 12.7. The zero-order chi connectivity index (χ0) is 21.0. The molecule has 0 spiro atoms. The number of carbonyl (C=O) groups is 1. The van der Waals surface area contributed by atoms with Gasteiger partial charge in [0.05, 0.1) is 5.02 Å². The number of hydrogen-bond donors (Lipinski definition) is 1. The largest absolute Gasteiger partial charge is 0.322 e. The molecule has 1 amide bonds. The van der Waals surface area contributed by atoms with Crippen LogP contribution in [0.5, 0.6) is 0 Å². The third kappa shape index (κ3) is 5.00. The average Bonchev–Trinajstić information content (AvgIpc) is 2.74. The number of amides is 1. The van der Waals surface area contributed by atoms with Crippen LogP contribution in [-0.4, -0.2) is 31.7 Å². The van der Waals surface area contributed by atoms with Gasteiger partial charge in [0.25, 0.3) is 5.91 Å². The van der Waals surface area contributed by atoms with E-state index in [-0.39, 0.29) is 21.4 Å². The third-order valence-corrected chi connectivity index (χ3v) is 7.86. The summed E-state index contributed by atoms with van der Waals surface area (Å²) in [6.45, 7) is 5.26. The highest BCUT2D eigenvalue weighted by molar-refractivity contribution is 7.89. The fraction of sp³-hybridized carbons (Fsp3) is 0.409. The van der Waals surface area contributed by atoms with Crippen molar-refractivity contribution in [3.8, 4) is 0 Å². The number of halogens is 1. The van der Waals surface area contributed by atoms with Gasteiger partial charge in [-0.3, -0.25) is 4.79 Å². The Morgan fingerprint density at radius 1 is 1.10 bits per heavy atom. The van der Waals surface area contributed by atoms with Crippen LogP contribution in [0, 0.1) is 0 Å². The summed E-state index contributed by atoms with van der Waals surface area (Å²) in [6.07, 6.45) is 3.75. The molecule has 1 unspecified atom stereocenters. The number of anilines is 1. The smallest absolute Gasteiger partial charge is 0.255 e. The van der Waals surface area contributed by atoms with Crippen molar-refractivity contribution in [1.82, 2.24) is 4.31 Å². The van der Waals surface area contributed by atoms with Gasteiger partial charge in [0.2, 0.25) is 10.0 Å². The Balaban J connectivity index is 1.80. The minimum absolute atomic E-state index is 0.0131. The summed E-state index contributed by atoms with van der Waals surface area (Å²) in [5.41, 5.74) is 2.14. The molecule has 29 heavy (non-hydrogen) atoms. The molecule has 1 N–H and O–H groups in total. The molecule has 1 aliphatic rings. The second-order valence-corrected chi connectivity index (χ2v) is 9.81. The zero-order valence-corrected chi connectivity index (χ0v) is 18.4. The van der Waals surface area contributed by atoms with Gasteiger partial charge in [-0.25, -0.2) is 8.42 Å². The molecular formula is C22H27ClN2O3S. The summed E-state index contributed by atoms with van der Waals surface area (Å²) in [6, 6.07) is 12.1. The predicted octanol–water partition coefficient (Wildman–Crippen LogP) is 5.28. The highest BCUT2D eigenvalue weighted by Crippen LogP contribution is 2.28. The van der Waals surface area contributed by atoms with Crippen LogP contribution in [0.3, 0.4) is 0 Å². The minimum Gasteiger partial charge on any atom is -0.322 e. The quantitative estimate of drug-likeness (QED) is 0.672. The fourth-order valence-electron chi connectivity index (χ4n) is 3.42. The van der Waals surface area contributed by atoms with Gasteiger partial charge in [-0.2, -0.15) is 4.31 Å². The molecule has 0 aliphatic carbocycles. The van der Waals surface area contributed by atoms with Crippen molar-refractivity contribution < 1.29 is 13.2 Å². The van der Waals surface area contributed by atoms with Crippen LogP contribution < -0.4 is 5.32 Å². The van der Waals surface area contributed by atoms with Crippen LogP contribution in [-0.2, 0) is 10.0 Å². The van der Waals surface area contributed by atoms with Crippen LogP contribution in [0.4, 0.5) is 5.69 Å². The number of piperidine rings is 1. The highest BCUT2D eigenvalue weighted by Gasteiger charge is 2.28. The maximum absolute atomic E-state index is 13.0. The topological polar surface area (TPSA) is 66.5 Å². The van der Waals surface area contributed by atoms with Crippen molar-refractivity contribution >= 4 is 33.2 Å². The lowest BCUT2D eigenvalue weighted by Crippen LogP contribution is -2.35. The predicted molar refractivity (Wildman–Crippen MR) is 117 cm³/mol. The molecule has 156 valence electrons. The molecule has 7 heteroatoms. The number of benzene rings is 2. The lowest BCUT2D eigenvalue weighted by Gasteiger charge is -2.26. The van der Waals surface area contributed by atoms with E-state index in [0.717, 1.165) is 25.7 Å². The highest BCUT2D eigenvalue weighted by atomic mass is 35.5. The number of sulfonamides is 1. The van der Waals surface area contributed by atoms with E-state index in [9.17, 15) is 13.2 Å². The Hall–Kier alpha value is -1.89. The molecule has 0 bridgehead atoms. The standard InChI is InChI=1S/C22H27ClN2O3S/c1-3-16(2)17-7-10-19(11-8-17)24-22(26)18-9-12-20(23)21(15-18)29(27,28)25-13-5-4-6-14-25/h7-12,15-16H,3-6,13-14H2,1-2H3,(H,24,26). The fourth-order valence-corrected chi connectivity index (χ4v) is 5.44. The third-order valence-electron chi connectivity index (χ3n) is 5.48. The first kappa shape index (κ1) is 21.8. The van der Waals surface area contributed by atoms with Gasteiger partial charge in [-0.05, 0) is 61.1 Å². The number of rotatable bonds is 6. The summed E-state index contributed by atoms with van der Waals surface area (Å²) in [5.74, 6) is 0.0895. The van der Waals surface area contributed by atoms with Crippen molar-refractivity contribution in [3.63, 3.8) is 0 Å². The molecule has 2 aromatic rings. The molecular weight excluding hydrogens is 408 g/mol. The van der Waals surface area contributed by atoms with Gasteiger partial charge in [0, 0.05) is 24.3 Å². The Morgan fingerprint density at radius 2 is 1.76 bits per heavy atom. The van der Waals surface area contributed by atoms with Crippen molar-refractivity contribution in [1.29, 1.82) is 0 Å². The summed E-state index contributed by atoms with van der Waals surface area (Å²) in [7, 11) is -3.72. The lowest BCUT2D eigenvalue weighted by molar-refractivity contribution is 0.102. The molecule has 1 aliphatic heterocycles. The maximum Gasteiger partial charge on any atom is 0.255 e. The molecule has 1 heterocycles. The zero-order valence-electron chi connectivity index (χ0n) is 16.8. The second kappa shape index (κ2) is 9.28. The normalized spacial score (nSPS) is 16.4. The number of nitrogens with zero attached hydrogens (tertiary/aromatic N) is 1. The van der Waals surface area contributed by atoms with Crippen LogP contribution in [0.25, 0.3) is 0 Å². The number of hydrogen-bond acceptors (Lipinski definition) is 3. The van der Waals surface area contributed by atoms with Crippen molar-refractivity contribution in [3.05, 3.63) is 58.6 Å². The van der Waals surface area contributed by atoms with Crippen LogP contribution in [0.1, 0.15) is 61.4 Å². The second-order valence-electron chi connectivity index (χ2n) is 7.50.